The Morgan fingerprint density at radius 2 is 2.06 bits per heavy atom. The first kappa shape index (κ1) is 14.2. The zero-order valence-corrected chi connectivity index (χ0v) is 10.3. The van der Waals surface area contributed by atoms with Gasteiger partial charge in [-0.05, 0) is 18.6 Å². The summed E-state index contributed by atoms with van der Waals surface area (Å²) >= 11 is 0. The number of H-pyrrole nitrogens is 1. The van der Waals surface area contributed by atoms with Crippen molar-refractivity contribution in [1.29, 1.82) is 0 Å². The van der Waals surface area contributed by atoms with Crippen LogP contribution in [0.4, 0.5) is 0 Å². The number of fused-ring (bicyclic) bond motifs is 1. The fraction of sp³-hybridized carbons (Fsp3) is 0.308. The predicted octanol–water partition coefficient (Wildman–Crippen LogP) is 1.12. The third-order valence-electron chi connectivity index (χ3n) is 2.43. The highest BCUT2D eigenvalue weighted by Crippen LogP contribution is 2.18. The molecule has 0 fully saturated rings. The van der Waals surface area contributed by atoms with E-state index in [1.807, 2.05) is 30.5 Å². The molecule has 5 heteroatoms. The lowest BCUT2D eigenvalue weighted by Gasteiger charge is -2.04. The summed E-state index contributed by atoms with van der Waals surface area (Å²) < 4.78 is 0. The number of hydrogen-bond acceptors (Lipinski definition) is 3. The summed E-state index contributed by atoms with van der Waals surface area (Å²) in [6.45, 7) is 1.93. The van der Waals surface area contributed by atoms with Gasteiger partial charge in [0.2, 0.25) is 0 Å². The number of carboxylic acids is 1. The number of aliphatic hydroxyl groups excluding tert-OH is 1. The summed E-state index contributed by atoms with van der Waals surface area (Å²) in [5, 5.41) is 17.3. The van der Waals surface area contributed by atoms with E-state index in [1.165, 1.54) is 0 Å². The van der Waals surface area contributed by atoms with E-state index in [0.717, 1.165) is 16.5 Å². The number of hydrogen-bond donors (Lipinski definition) is 4. The van der Waals surface area contributed by atoms with Crippen LogP contribution in [0.5, 0.6) is 0 Å². The molecule has 0 saturated carbocycles. The van der Waals surface area contributed by atoms with Crippen molar-refractivity contribution < 1.29 is 15.0 Å². The first-order valence-electron chi connectivity index (χ1n) is 5.74. The van der Waals surface area contributed by atoms with Crippen molar-refractivity contribution in [3.63, 3.8) is 0 Å². The number of aromatic amines is 1. The summed E-state index contributed by atoms with van der Waals surface area (Å²) in [6.07, 6.45) is 2.16. The molecule has 0 unspecified atom stereocenters. The van der Waals surface area contributed by atoms with E-state index >= 15 is 0 Å². The van der Waals surface area contributed by atoms with E-state index in [1.54, 1.807) is 6.92 Å². The molecule has 0 radical (unpaired) electrons. The molecule has 98 valence electrons. The third kappa shape index (κ3) is 3.58. The SMILES string of the molecule is CCO.N[C@@H](Cc1c[nH]c2ccccc12)C(=O)O. The van der Waals surface area contributed by atoms with E-state index in [2.05, 4.69) is 4.98 Å². The van der Waals surface area contributed by atoms with Gasteiger partial charge in [0.25, 0.3) is 0 Å². The molecule has 0 aliphatic rings. The second kappa shape index (κ2) is 6.78. The van der Waals surface area contributed by atoms with Gasteiger partial charge in [0.05, 0.1) is 0 Å². The van der Waals surface area contributed by atoms with Crippen LogP contribution in [0, 0.1) is 0 Å². The first-order valence-corrected chi connectivity index (χ1v) is 5.74. The van der Waals surface area contributed by atoms with Crippen LogP contribution in [0.2, 0.25) is 0 Å². The highest BCUT2D eigenvalue weighted by atomic mass is 16.4. The number of nitrogens with two attached hydrogens (primary N) is 1. The van der Waals surface area contributed by atoms with Gasteiger partial charge in [-0.1, -0.05) is 18.2 Å². The highest BCUT2D eigenvalue weighted by Gasteiger charge is 2.14. The van der Waals surface area contributed by atoms with E-state index in [0.29, 0.717) is 6.42 Å². The largest absolute Gasteiger partial charge is 0.480 e. The molecule has 18 heavy (non-hydrogen) atoms. The summed E-state index contributed by atoms with van der Waals surface area (Å²) in [4.78, 5) is 13.7. The highest BCUT2D eigenvalue weighted by molar-refractivity contribution is 5.84. The summed E-state index contributed by atoms with van der Waals surface area (Å²) in [6, 6.07) is 6.91. The van der Waals surface area contributed by atoms with Gasteiger partial charge in [0.1, 0.15) is 6.04 Å². The molecule has 0 aliphatic carbocycles. The molecular formula is C13H18N2O3. The molecule has 5 N–H and O–H groups in total. The number of aliphatic hydroxyl groups is 1. The van der Waals surface area contributed by atoms with Gasteiger partial charge in [0.15, 0.2) is 0 Å². The third-order valence-corrected chi connectivity index (χ3v) is 2.43. The molecule has 1 aromatic heterocycles. The number of nitrogens with one attached hydrogen (secondary N) is 1. The Morgan fingerprint density at radius 3 is 2.67 bits per heavy atom. The van der Waals surface area contributed by atoms with E-state index < -0.39 is 12.0 Å². The van der Waals surface area contributed by atoms with Crippen molar-refractivity contribution >= 4 is 16.9 Å². The smallest absolute Gasteiger partial charge is 0.320 e. The Balaban J connectivity index is 0.000000492. The minimum atomic E-state index is -0.972. The Bertz CT molecular complexity index is 508. The number of carbonyl (C=O) groups is 1. The van der Waals surface area contributed by atoms with Crippen LogP contribution in [0.15, 0.2) is 30.5 Å². The van der Waals surface area contributed by atoms with Gasteiger partial charge in [0, 0.05) is 30.1 Å². The van der Waals surface area contributed by atoms with Crippen molar-refractivity contribution in [2.75, 3.05) is 6.61 Å². The predicted molar refractivity (Wildman–Crippen MR) is 70.4 cm³/mol. The second-order valence-electron chi connectivity index (χ2n) is 3.82. The Hall–Kier alpha value is -1.85. The molecule has 0 aliphatic heterocycles. The van der Waals surface area contributed by atoms with Crippen LogP contribution in [-0.2, 0) is 11.2 Å². The minimum absolute atomic E-state index is 0.250. The van der Waals surface area contributed by atoms with Crippen LogP contribution in [-0.4, -0.2) is 33.8 Å². The zero-order chi connectivity index (χ0) is 13.5. The van der Waals surface area contributed by atoms with Crippen molar-refractivity contribution in [2.45, 2.75) is 19.4 Å². The van der Waals surface area contributed by atoms with Crippen LogP contribution in [0.3, 0.4) is 0 Å². The lowest BCUT2D eigenvalue weighted by atomic mass is 10.1. The normalized spacial score (nSPS) is 11.7. The van der Waals surface area contributed by atoms with Crippen LogP contribution < -0.4 is 5.73 Å². The molecule has 0 amide bonds. The van der Waals surface area contributed by atoms with Gasteiger partial charge in [-0.15, -0.1) is 0 Å². The lowest BCUT2D eigenvalue weighted by molar-refractivity contribution is -0.138. The minimum Gasteiger partial charge on any atom is -0.480 e. The van der Waals surface area contributed by atoms with Gasteiger partial charge in [-0.2, -0.15) is 0 Å². The van der Waals surface area contributed by atoms with Crippen molar-refractivity contribution in [2.24, 2.45) is 5.73 Å². The van der Waals surface area contributed by atoms with Crippen LogP contribution in [0.1, 0.15) is 12.5 Å². The van der Waals surface area contributed by atoms with Crippen LogP contribution in [0.25, 0.3) is 10.9 Å². The lowest BCUT2D eigenvalue weighted by Crippen LogP contribution is -2.32. The number of aromatic nitrogens is 1. The number of carboxylic acid groups (broad SMARTS) is 1. The molecule has 1 aromatic carbocycles. The summed E-state index contributed by atoms with van der Waals surface area (Å²) in [5.74, 6) is -0.972. The molecule has 0 bridgehead atoms. The topological polar surface area (TPSA) is 99.3 Å². The molecule has 2 rings (SSSR count). The number of rotatable bonds is 3. The number of benzene rings is 1. The molecule has 1 heterocycles. The van der Waals surface area contributed by atoms with E-state index in [9.17, 15) is 4.79 Å². The van der Waals surface area contributed by atoms with Gasteiger partial charge in [-0.3, -0.25) is 4.79 Å². The average Bonchev–Trinajstić information content (AvgIpc) is 2.74. The van der Waals surface area contributed by atoms with Crippen LogP contribution >= 0.6 is 0 Å². The number of para-hydroxylation sites is 1. The molecule has 0 saturated heterocycles. The molecular weight excluding hydrogens is 232 g/mol. The fourth-order valence-corrected chi connectivity index (χ4v) is 1.62. The maximum absolute atomic E-state index is 10.6. The molecule has 0 spiro atoms. The zero-order valence-electron chi connectivity index (χ0n) is 10.3. The average molecular weight is 250 g/mol. The van der Waals surface area contributed by atoms with Crippen molar-refractivity contribution in [1.82, 2.24) is 4.98 Å². The summed E-state index contributed by atoms with van der Waals surface area (Å²) in [7, 11) is 0. The van der Waals surface area contributed by atoms with E-state index in [-0.39, 0.29) is 6.61 Å². The summed E-state index contributed by atoms with van der Waals surface area (Å²) in [5.41, 5.74) is 7.43. The van der Waals surface area contributed by atoms with Gasteiger partial charge < -0.3 is 20.9 Å². The second-order valence-corrected chi connectivity index (χ2v) is 3.82. The molecule has 5 nitrogen and oxygen atoms in total. The maximum atomic E-state index is 10.6. The van der Waals surface area contributed by atoms with Crippen molar-refractivity contribution in [3.8, 4) is 0 Å². The van der Waals surface area contributed by atoms with Crippen molar-refractivity contribution in [3.05, 3.63) is 36.0 Å². The Morgan fingerprint density at radius 1 is 1.44 bits per heavy atom. The monoisotopic (exact) mass is 250 g/mol. The number of aliphatic carboxylic acids is 1. The van der Waals surface area contributed by atoms with Gasteiger partial charge in [-0.25, -0.2) is 0 Å². The maximum Gasteiger partial charge on any atom is 0.320 e. The standard InChI is InChI=1S/C11H12N2O2.C2H6O/c12-9(11(14)15)5-7-6-13-10-4-2-1-3-8(7)10;1-2-3/h1-4,6,9,13H,5,12H2,(H,14,15);3H,2H2,1H3/t9-;/m0./s1. The van der Waals surface area contributed by atoms with Gasteiger partial charge >= 0.3 is 5.97 Å². The van der Waals surface area contributed by atoms with E-state index in [4.69, 9.17) is 15.9 Å². The quantitative estimate of drug-likeness (QED) is 0.656. The molecule has 2 aromatic rings. The Labute approximate surface area is 105 Å². The fourth-order valence-electron chi connectivity index (χ4n) is 1.62. The molecule has 1 atom stereocenters. The Kier molecular flexibility index (Phi) is 5.35. The first-order chi connectivity index (χ1) is 8.60.